The van der Waals surface area contributed by atoms with Crippen molar-refractivity contribution in [2.45, 2.75) is 57.5 Å². The average molecular weight is 417 g/mol. The predicted octanol–water partition coefficient (Wildman–Crippen LogP) is 3.48. The molecular formula is C24H36N2O4. The molecule has 6 heteroatoms. The first kappa shape index (κ1) is 21.4. The van der Waals surface area contributed by atoms with Gasteiger partial charge >= 0.3 is 0 Å². The Morgan fingerprint density at radius 1 is 1.07 bits per heavy atom. The van der Waals surface area contributed by atoms with E-state index < -0.39 is 0 Å². The van der Waals surface area contributed by atoms with Crippen molar-refractivity contribution in [1.29, 1.82) is 0 Å². The number of methoxy groups -OCH3 is 1. The van der Waals surface area contributed by atoms with Gasteiger partial charge in [0.15, 0.2) is 11.5 Å². The maximum Gasteiger partial charge on any atom is 0.225 e. The van der Waals surface area contributed by atoms with Crippen molar-refractivity contribution in [3.63, 3.8) is 0 Å². The van der Waals surface area contributed by atoms with E-state index in [0.717, 1.165) is 83.0 Å². The van der Waals surface area contributed by atoms with E-state index in [1.165, 1.54) is 18.4 Å². The lowest BCUT2D eigenvalue weighted by Crippen LogP contribution is -2.48. The second kappa shape index (κ2) is 10.5. The Balaban J connectivity index is 1.33. The van der Waals surface area contributed by atoms with Crippen molar-refractivity contribution in [3.05, 3.63) is 23.8 Å². The van der Waals surface area contributed by atoms with Gasteiger partial charge in [-0.1, -0.05) is 12.5 Å². The largest absolute Gasteiger partial charge is 0.493 e. The van der Waals surface area contributed by atoms with Crippen LogP contribution in [0.1, 0.15) is 50.5 Å². The summed E-state index contributed by atoms with van der Waals surface area (Å²) in [4.78, 5) is 17.4. The summed E-state index contributed by atoms with van der Waals surface area (Å²) in [6, 6.07) is 6.53. The summed E-state index contributed by atoms with van der Waals surface area (Å²) in [7, 11) is 1.68. The minimum atomic E-state index is 0.281. The number of nitrogens with zero attached hydrogens (tertiary/aromatic N) is 2. The number of benzene rings is 1. The van der Waals surface area contributed by atoms with Crippen molar-refractivity contribution >= 4 is 5.91 Å². The van der Waals surface area contributed by atoms with Gasteiger partial charge in [-0.25, -0.2) is 0 Å². The number of amides is 1. The summed E-state index contributed by atoms with van der Waals surface area (Å²) < 4.78 is 17.2. The maximum atomic E-state index is 12.8. The molecule has 166 valence electrons. The Kier molecular flexibility index (Phi) is 7.50. The van der Waals surface area contributed by atoms with Crippen molar-refractivity contribution in [2.75, 3.05) is 46.6 Å². The van der Waals surface area contributed by atoms with E-state index in [-0.39, 0.29) is 5.92 Å². The number of rotatable bonds is 8. The molecule has 3 fully saturated rings. The number of hydrogen-bond acceptors (Lipinski definition) is 5. The lowest BCUT2D eigenvalue weighted by atomic mass is 9.83. The molecule has 30 heavy (non-hydrogen) atoms. The zero-order chi connectivity index (χ0) is 20.8. The SMILES string of the molecule is COc1ccc(CN2CCOCC2)cc1OCCC1CCCCN1C(=O)C1CCC1. The van der Waals surface area contributed by atoms with Crippen LogP contribution in [0.2, 0.25) is 0 Å². The summed E-state index contributed by atoms with van der Waals surface area (Å²) in [6.07, 6.45) is 7.67. The van der Waals surface area contributed by atoms with E-state index in [1.807, 2.05) is 6.07 Å². The Labute approximate surface area is 180 Å². The van der Waals surface area contributed by atoms with Crippen molar-refractivity contribution < 1.29 is 19.0 Å². The third-order valence-electron chi connectivity index (χ3n) is 6.81. The molecule has 2 saturated heterocycles. The van der Waals surface area contributed by atoms with Gasteiger partial charge in [0, 0.05) is 44.6 Å². The molecule has 1 atom stereocenters. The normalized spacial score (nSPS) is 23.1. The van der Waals surface area contributed by atoms with Gasteiger partial charge in [0.05, 0.1) is 26.9 Å². The highest BCUT2D eigenvalue weighted by Gasteiger charge is 2.34. The monoisotopic (exact) mass is 416 g/mol. The van der Waals surface area contributed by atoms with Gasteiger partial charge in [-0.05, 0) is 49.8 Å². The van der Waals surface area contributed by atoms with Crippen LogP contribution >= 0.6 is 0 Å². The van der Waals surface area contributed by atoms with Crippen LogP contribution in [0.15, 0.2) is 18.2 Å². The Bertz CT molecular complexity index is 700. The number of piperidine rings is 1. The summed E-state index contributed by atoms with van der Waals surface area (Å²) in [5, 5.41) is 0. The third kappa shape index (κ3) is 5.27. The zero-order valence-corrected chi connectivity index (χ0v) is 18.3. The van der Waals surface area contributed by atoms with Crippen LogP contribution in [-0.4, -0.2) is 68.3 Å². The van der Waals surface area contributed by atoms with Gasteiger partial charge in [0.1, 0.15) is 0 Å². The van der Waals surface area contributed by atoms with Crippen LogP contribution in [0.25, 0.3) is 0 Å². The average Bonchev–Trinajstić information content (AvgIpc) is 2.74. The topological polar surface area (TPSA) is 51.2 Å². The van der Waals surface area contributed by atoms with E-state index >= 15 is 0 Å². The molecule has 2 heterocycles. The van der Waals surface area contributed by atoms with Crippen molar-refractivity contribution in [3.8, 4) is 11.5 Å². The lowest BCUT2D eigenvalue weighted by molar-refractivity contribution is -0.142. The fourth-order valence-electron chi connectivity index (χ4n) is 4.74. The molecule has 1 saturated carbocycles. The third-order valence-corrected chi connectivity index (χ3v) is 6.81. The summed E-state index contributed by atoms with van der Waals surface area (Å²) >= 11 is 0. The number of carbonyl (C=O) groups excluding carboxylic acids is 1. The van der Waals surface area contributed by atoms with Crippen molar-refractivity contribution in [2.24, 2.45) is 5.92 Å². The summed E-state index contributed by atoms with van der Waals surface area (Å²) in [5.74, 6) is 2.24. The van der Waals surface area contributed by atoms with Gasteiger partial charge < -0.3 is 19.1 Å². The van der Waals surface area contributed by atoms with Crippen LogP contribution in [0.5, 0.6) is 11.5 Å². The Hall–Kier alpha value is -1.79. The first-order valence-corrected chi connectivity index (χ1v) is 11.6. The first-order chi connectivity index (χ1) is 14.7. The molecule has 3 aliphatic rings. The molecule has 1 amide bonds. The molecule has 0 spiro atoms. The molecule has 1 aromatic rings. The van der Waals surface area contributed by atoms with E-state index in [4.69, 9.17) is 14.2 Å². The molecular weight excluding hydrogens is 380 g/mol. The Morgan fingerprint density at radius 2 is 1.90 bits per heavy atom. The standard InChI is InChI=1S/C24H36N2O4/c1-28-22-9-8-19(18-25-12-15-29-16-13-25)17-23(22)30-14-10-21-7-2-3-11-26(21)24(27)20-5-4-6-20/h8-9,17,20-21H,2-7,10-16,18H2,1H3. The second-order valence-electron chi connectivity index (χ2n) is 8.82. The highest BCUT2D eigenvalue weighted by molar-refractivity contribution is 5.80. The van der Waals surface area contributed by atoms with Crippen LogP contribution in [0.3, 0.4) is 0 Å². The first-order valence-electron chi connectivity index (χ1n) is 11.6. The molecule has 6 nitrogen and oxygen atoms in total. The number of hydrogen-bond donors (Lipinski definition) is 0. The number of morpholine rings is 1. The van der Waals surface area contributed by atoms with Crippen LogP contribution in [0.4, 0.5) is 0 Å². The van der Waals surface area contributed by atoms with E-state index in [9.17, 15) is 4.79 Å². The van der Waals surface area contributed by atoms with Crippen LogP contribution < -0.4 is 9.47 Å². The van der Waals surface area contributed by atoms with Crippen molar-refractivity contribution in [1.82, 2.24) is 9.80 Å². The van der Waals surface area contributed by atoms with E-state index in [0.29, 0.717) is 18.6 Å². The molecule has 1 aliphatic carbocycles. The minimum Gasteiger partial charge on any atom is -0.493 e. The summed E-state index contributed by atoms with van der Waals surface area (Å²) in [5.41, 5.74) is 1.23. The fraction of sp³-hybridized carbons (Fsp3) is 0.708. The fourth-order valence-corrected chi connectivity index (χ4v) is 4.74. The molecule has 0 aromatic heterocycles. The minimum absolute atomic E-state index is 0.281. The molecule has 1 unspecified atom stereocenters. The highest BCUT2D eigenvalue weighted by atomic mass is 16.5. The highest BCUT2D eigenvalue weighted by Crippen LogP contribution is 2.32. The molecule has 0 radical (unpaired) electrons. The quantitative estimate of drug-likeness (QED) is 0.649. The van der Waals surface area contributed by atoms with Gasteiger partial charge in [-0.3, -0.25) is 9.69 Å². The molecule has 0 bridgehead atoms. The zero-order valence-electron chi connectivity index (χ0n) is 18.3. The molecule has 2 aliphatic heterocycles. The second-order valence-corrected chi connectivity index (χ2v) is 8.82. The lowest BCUT2D eigenvalue weighted by Gasteiger charge is -2.40. The van der Waals surface area contributed by atoms with Crippen LogP contribution in [-0.2, 0) is 16.1 Å². The number of ether oxygens (including phenoxy) is 3. The smallest absolute Gasteiger partial charge is 0.225 e. The van der Waals surface area contributed by atoms with E-state index in [1.54, 1.807) is 7.11 Å². The molecule has 1 aromatic carbocycles. The Morgan fingerprint density at radius 3 is 2.63 bits per heavy atom. The van der Waals surface area contributed by atoms with E-state index in [2.05, 4.69) is 21.9 Å². The van der Waals surface area contributed by atoms with Crippen LogP contribution in [0, 0.1) is 5.92 Å². The predicted molar refractivity (Wildman–Crippen MR) is 116 cm³/mol. The van der Waals surface area contributed by atoms with Gasteiger partial charge in [-0.2, -0.15) is 0 Å². The number of carbonyl (C=O) groups is 1. The maximum absolute atomic E-state index is 12.8. The molecule has 4 rings (SSSR count). The number of likely N-dealkylation sites (tertiary alicyclic amines) is 1. The molecule has 0 N–H and O–H groups in total. The van der Waals surface area contributed by atoms with Gasteiger partial charge in [0.2, 0.25) is 5.91 Å². The van der Waals surface area contributed by atoms with Gasteiger partial charge in [-0.15, -0.1) is 0 Å². The summed E-state index contributed by atoms with van der Waals surface area (Å²) in [6.45, 7) is 5.96. The van der Waals surface area contributed by atoms with Gasteiger partial charge in [0.25, 0.3) is 0 Å².